The Morgan fingerprint density at radius 3 is 1.87 bits per heavy atom. The largest absolute Gasteiger partial charge is 0.465 e. The molecule has 0 aliphatic heterocycles. The Bertz CT molecular complexity index is 374. The number of esters is 2. The molecule has 0 N–H and O–H groups in total. The summed E-state index contributed by atoms with van der Waals surface area (Å²) in [6.45, 7) is 2.93. The van der Waals surface area contributed by atoms with Crippen molar-refractivity contribution in [3.05, 3.63) is 0 Å². The summed E-state index contributed by atoms with van der Waals surface area (Å²) in [5.41, 5.74) is 0. The maximum absolute atomic E-state index is 12.4. The third kappa shape index (κ3) is 5.82. The molecule has 4 heteroatoms. The lowest BCUT2D eigenvalue weighted by atomic mass is 9.79. The summed E-state index contributed by atoms with van der Waals surface area (Å²) in [5, 5.41) is 0. The molecule has 2 unspecified atom stereocenters. The van der Waals surface area contributed by atoms with E-state index in [1.165, 1.54) is 32.1 Å². The van der Waals surface area contributed by atoms with Crippen LogP contribution in [0, 0.1) is 17.8 Å². The molecule has 0 radical (unpaired) electrons. The first-order valence-corrected chi connectivity index (χ1v) is 9.55. The Balaban J connectivity index is 1.76. The first kappa shape index (κ1) is 18.3. The molecule has 23 heavy (non-hydrogen) atoms. The summed E-state index contributed by atoms with van der Waals surface area (Å²) < 4.78 is 10.8. The van der Waals surface area contributed by atoms with Crippen LogP contribution < -0.4 is 0 Å². The van der Waals surface area contributed by atoms with Crippen LogP contribution in [0.1, 0.15) is 77.6 Å². The summed E-state index contributed by atoms with van der Waals surface area (Å²) in [5.74, 6) is -0.259. The van der Waals surface area contributed by atoms with E-state index in [1.807, 2.05) is 6.92 Å². The zero-order chi connectivity index (χ0) is 16.5. The quantitative estimate of drug-likeness (QED) is 0.657. The second-order valence-corrected chi connectivity index (χ2v) is 7.13. The third-order valence-electron chi connectivity index (χ3n) is 5.32. The molecule has 0 amide bonds. The van der Waals surface area contributed by atoms with Gasteiger partial charge < -0.3 is 9.47 Å². The third-order valence-corrected chi connectivity index (χ3v) is 5.32. The summed E-state index contributed by atoms with van der Waals surface area (Å²) in [4.78, 5) is 24.6. The van der Waals surface area contributed by atoms with Crippen molar-refractivity contribution in [2.75, 3.05) is 13.2 Å². The van der Waals surface area contributed by atoms with Crippen LogP contribution in [0.3, 0.4) is 0 Å². The molecule has 2 aliphatic rings. The van der Waals surface area contributed by atoms with Crippen molar-refractivity contribution in [3.63, 3.8) is 0 Å². The highest BCUT2D eigenvalue weighted by atomic mass is 16.5. The molecule has 2 fully saturated rings. The second kappa shape index (κ2) is 9.94. The van der Waals surface area contributed by atoms with E-state index in [9.17, 15) is 9.59 Å². The van der Waals surface area contributed by atoms with Crippen LogP contribution in [0.4, 0.5) is 0 Å². The Kier molecular flexibility index (Phi) is 7.90. The van der Waals surface area contributed by atoms with E-state index in [2.05, 4.69) is 0 Å². The fraction of sp³-hybridized carbons (Fsp3) is 0.895. The lowest BCUT2D eigenvalue weighted by Gasteiger charge is -2.28. The van der Waals surface area contributed by atoms with Crippen LogP contribution in [0.15, 0.2) is 0 Å². The van der Waals surface area contributed by atoms with Crippen molar-refractivity contribution in [3.8, 4) is 0 Å². The van der Waals surface area contributed by atoms with Crippen molar-refractivity contribution >= 4 is 11.9 Å². The average Bonchev–Trinajstić information content (AvgIpc) is 2.60. The van der Waals surface area contributed by atoms with Gasteiger partial charge in [-0.3, -0.25) is 9.59 Å². The molecule has 0 spiro atoms. The number of hydrogen-bond acceptors (Lipinski definition) is 4. The van der Waals surface area contributed by atoms with Crippen molar-refractivity contribution in [1.29, 1.82) is 0 Å². The topological polar surface area (TPSA) is 52.6 Å². The van der Waals surface area contributed by atoms with Crippen LogP contribution in [-0.4, -0.2) is 25.2 Å². The van der Waals surface area contributed by atoms with E-state index in [4.69, 9.17) is 9.47 Å². The Hall–Kier alpha value is -1.06. The number of ether oxygens (including phenoxy) is 2. The number of carbonyl (C=O) groups excluding carboxylic acids is 2. The predicted octanol–water partition coefficient (Wildman–Crippen LogP) is 4.26. The van der Waals surface area contributed by atoms with Gasteiger partial charge in [0.25, 0.3) is 0 Å². The van der Waals surface area contributed by atoms with Gasteiger partial charge in [-0.25, -0.2) is 0 Å². The standard InChI is InChI=1S/C19H32O4/c1-2-13-22-18(20)16-10-6-7-11-17(16)19(21)23-14-12-15-8-4-3-5-9-15/h15-17H,2-14H2,1H3. The lowest BCUT2D eigenvalue weighted by Crippen LogP contribution is -2.35. The Labute approximate surface area is 140 Å². The van der Waals surface area contributed by atoms with E-state index in [0.29, 0.717) is 19.1 Å². The van der Waals surface area contributed by atoms with Crippen molar-refractivity contribution < 1.29 is 19.1 Å². The SMILES string of the molecule is CCCOC(=O)C1CCCCC1C(=O)OCCC1CCCCC1. The molecule has 0 saturated heterocycles. The van der Waals surface area contributed by atoms with Gasteiger partial charge in [-0.1, -0.05) is 51.9 Å². The van der Waals surface area contributed by atoms with Crippen molar-refractivity contribution in [2.24, 2.45) is 17.8 Å². The van der Waals surface area contributed by atoms with Gasteiger partial charge in [0.2, 0.25) is 0 Å². The highest BCUT2D eigenvalue weighted by Crippen LogP contribution is 2.32. The molecule has 2 saturated carbocycles. The number of hydrogen-bond donors (Lipinski definition) is 0. The van der Waals surface area contributed by atoms with Crippen molar-refractivity contribution in [1.82, 2.24) is 0 Å². The zero-order valence-electron chi connectivity index (χ0n) is 14.6. The fourth-order valence-corrected chi connectivity index (χ4v) is 3.91. The second-order valence-electron chi connectivity index (χ2n) is 7.13. The predicted molar refractivity (Wildman–Crippen MR) is 88.8 cm³/mol. The summed E-state index contributed by atoms with van der Waals surface area (Å²) in [6.07, 6.45) is 11.8. The molecular formula is C19H32O4. The van der Waals surface area contributed by atoms with E-state index in [-0.39, 0.29) is 23.8 Å². The molecule has 0 heterocycles. The zero-order valence-corrected chi connectivity index (χ0v) is 14.6. The van der Waals surface area contributed by atoms with E-state index < -0.39 is 0 Å². The van der Waals surface area contributed by atoms with Crippen LogP contribution in [0.25, 0.3) is 0 Å². The first-order valence-electron chi connectivity index (χ1n) is 9.55. The molecule has 0 aromatic rings. The lowest BCUT2D eigenvalue weighted by molar-refractivity contribution is -0.163. The van der Waals surface area contributed by atoms with E-state index >= 15 is 0 Å². The molecule has 0 aromatic carbocycles. The minimum Gasteiger partial charge on any atom is -0.465 e. The maximum Gasteiger partial charge on any atom is 0.309 e. The minimum absolute atomic E-state index is 0.182. The summed E-state index contributed by atoms with van der Waals surface area (Å²) in [7, 11) is 0. The van der Waals surface area contributed by atoms with Crippen LogP contribution in [-0.2, 0) is 19.1 Å². The van der Waals surface area contributed by atoms with Crippen LogP contribution in [0.5, 0.6) is 0 Å². The number of carbonyl (C=O) groups is 2. The fourth-order valence-electron chi connectivity index (χ4n) is 3.91. The Morgan fingerprint density at radius 2 is 1.30 bits per heavy atom. The van der Waals surface area contributed by atoms with E-state index in [1.54, 1.807) is 0 Å². The van der Waals surface area contributed by atoms with Gasteiger partial charge in [0.1, 0.15) is 0 Å². The smallest absolute Gasteiger partial charge is 0.309 e. The van der Waals surface area contributed by atoms with E-state index in [0.717, 1.165) is 38.5 Å². The average molecular weight is 324 g/mol. The minimum atomic E-state index is -0.294. The molecule has 0 bridgehead atoms. The number of rotatable bonds is 7. The van der Waals surface area contributed by atoms with Crippen molar-refractivity contribution in [2.45, 2.75) is 77.6 Å². The molecule has 2 rings (SSSR count). The van der Waals surface area contributed by atoms with Gasteiger partial charge >= 0.3 is 11.9 Å². The highest BCUT2D eigenvalue weighted by molar-refractivity contribution is 5.82. The molecule has 2 atom stereocenters. The molecule has 132 valence electrons. The highest BCUT2D eigenvalue weighted by Gasteiger charge is 2.37. The molecular weight excluding hydrogens is 292 g/mol. The first-order chi connectivity index (χ1) is 11.2. The van der Waals surface area contributed by atoms with Gasteiger partial charge in [0.15, 0.2) is 0 Å². The Morgan fingerprint density at radius 1 is 0.783 bits per heavy atom. The molecule has 4 nitrogen and oxygen atoms in total. The van der Waals surface area contributed by atoms with Gasteiger partial charge in [0.05, 0.1) is 25.0 Å². The summed E-state index contributed by atoms with van der Waals surface area (Å²) in [6, 6.07) is 0. The van der Waals surface area contributed by atoms with Gasteiger partial charge in [-0.2, -0.15) is 0 Å². The molecule has 2 aliphatic carbocycles. The monoisotopic (exact) mass is 324 g/mol. The molecule has 0 aromatic heterocycles. The van der Waals surface area contributed by atoms with Crippen LogP contribution in [0.2, 0.25) is 0 Å². The van der Waals surface area contributed by atoms with Gasteiger partial charge in [-0.15, -0.1) is 0 Å². The van der Waals surface area contributed by atoms with Crippen LogP contribution >= 0.6 is 0 Å². The van der Waals surface area contributed by atoms with Gasteiger partial charge in [0, 0.05) is 0 Å². The normalized spacial score (nSPS) is 25.8. The van der Waals surface area contributed by atoms with Gasteiger partial charge in [-0.05, 0) is 31.6 Å². The summed E-state index contributed by atoms with van der Waals surface area (Å²) >= 11 is 0. The maximum atomic E-state index is 12.4.